The number of carbonyl (C=O) groups is 3. The van der Waals surface area contributed by atoms with Crippen molar-refractivity contribution in [2.75, 3.05) is 26.2 Å². The van der Waals surface area contributed by atoms with Crippen LogP contribution in [0.5, 0.6) is 0 Å². The van der Waals surface area contributed by atoms with Crippen LogP contribution in [0.3, 0.4) is 0 Å². The van der Waals surface area contributed by atoms with Gasteiger partial charge in [-0.1, -0.05) is 13.8 Å². The first-order valence-electron chi connectivity index (χ1n) is 6.98. The predicted octanol–water partition coefficient (Wildman–Crippen LogP) is 0.265. The van der Waals surface area contributed by atoms with Crippen LogP contribution in [0, 0.1) is 11.8 Å². The quantitative estimate of drug-likeness (QED) is 0.652. The number of aliphatic carboxylic acids is 1. The van der Waals surface area contributed by atoms with Gasteiger partial charge in [-0.25, -0.2) is 4.79 Å². The lowest BCUT2D eigenvalue weighted by Crippen LogP contribution is -2.40. The number of nitrogens with one attached hydrogen (secondary N) is 2. The van der Waals surface area contributed by atoms with Gasteiger partial charge in [0.25, 0.3) is 0 Å². The summed E-state index contributed by atoms with van der Waals surface area (Å²) in [7, 11) is 0. The molecule has 0 unspecified atom stereocenters. The van der Waals surface area contributed by atoms with E-state index in [0.717, 1.165) is 6.42 Å². The van der Waals surface area contributed by atoms with E-state index in [1.54, 1.807) is 0 Å². The molecule has 1 rings (SSSR count). The first-order valence-corrected chi connectivity index (χ1v) is 6.98. The molecule has 114 valence electrons. The van der Waals surface area contributed by atoms with Crippen molar-refractivity contribution in [1.82, 2.24) is 15.5 Å². The molecule has 1 saturated heterocycles. The zero-order valence-corrected chi connectivity index (χ0v) is 12.0. The van der Waals surface area contributed by atoms with Crippen LogP contribution in [0.15, 0.2) is 0 Å². The van der Waals surface area contributed by atoms with E-state index in [9.17, 15) is 14.4 Å². The molecule has 3 N–H and O–H groups in total. The molecule has 7 nitrogen and oxygen atoms in total. The minimum Gasteiger partial charge on any atom is -0.481 e. The van der Waals surface area contributed by atoms with Crippen molar-refractivity contribution in [2.45, 2.75) is 26.7 Å². The molecular formula is C13H23N3O4. The standard InChI is InChI=1S/C13H23N3O4/c1-3-5-14-11(17)4-6-15-13(20)16-7-9(2)10(8-16)12(18)19/h9-10H,3-8H2,1-2H3,(H,14,17)(H,15,20)(H,18,19)/t9-,10-/m1/s1. The van der Waals surface area contributed by atoms with Crippen molar-refractivity contribution in [1.29, 1.82) is 0 Å². The summed E-state index contributed by atoms with van der Waals surface area (Å²) >= 11 is 0. The highest BCUT2D eigenvalue weighted by atomic mass is 16.4. The van der Waals surface area contributed by atoms with Gasteiger partial charge in [0.05, 0.1) is 5.92 Å². The van der Waals surface area contributed by atoms with Crippen molar-refractivity contribution in [2.24, 2.45) is 11.8 Å². The number of likely N-dealkylation sites (tertiary alicyclic amines) is 1. The smallest absolute Gasteiger partial charge is 0.317 e. The van der Waals surface area contributed by atoms with Gasteiger partial charge in [-0.05, 0) is 12.3 Å². The summed E-state index contributed by atoms with van der Waals surface area (Å²) in [4.78, 5) is 35.7. The van der Waals surface area contributed by atoms with Crippen LogP contribution in [-0.2, 0) is 9.59 Å². The predicted molar refractivity (Wildman–Crippen MR) is 73.2 cm³/mol. The minimum atomic E-state index is -0.869. The van der Waals surface area contributed by atoms with Gasteiger partial charge < -0.3 is 20.6 Å². The van der Waals surface area contributed by atoms with Gasteiger partial charge in [0.1, 0.15) is 0 Å². The summed E-state index contributed by atoms with van der Waals surface area (Å²) in [6.45, 7) is 5.35. The Bertz CT molecular complexity index is 373. The van der Waals surface area contributed by atoms with E-state index >= 15 is 0 Å². The highest BCUT2D eigenvalue weighted by molar-refractivity contribution is 5.79. The fourth-order valence-electron chi connectivity index (χ4n) is 2.20. The number of amides is 3. The van der Waals surface area contributed by atoms with Crippen LogP contribution in [0.2, 0.25) is 0 Å². The maximum absolute atomic E-state index is 11.8. The fourth-order valence-corrected chi connectivity index (χ4v) is 2.20. The molecule has 0 saturated carbocycles. The summed E-state index contributed by atoms with van der Waals surface area (Å²) in [6.07, 6.45) is 1.11. The van der Waals surface area contributed by atoms with Crippen molar-refractivity contribution < 1.29 is 19.5 Å². The summed E-state index contributed by atoms with van der Waals surface area (Å²) in [5.74, 6) is -1.52. The van der Waals surface area contributed by atoms with Crippen LogP contribution in [0.4, 0.5) is 4.79 Å². The lowest BCUT2D eigenvalue weighted by molar-refractivity contribution is -0.142. The normalized spacial score (nSPS) is 21.6. The second-order valence-electron chi connectivity index (χ2n) is 5.16. The van der Waals surface area contributed by atoms with Crippen LogP contribution in [0.25, 0.3) is 0 Å². The van der Waals surface area contributed by atoms with Crippen LogP contribution < -0.4 is 10.6 Å². The van der Waals surface area contributed by atoms with E-state index in [0.29, 0.717) is 13.1 Å². The van der Waals surface area contributed by atoms with Gasteiger partial charge in [-0.15, -0.1) is 0 Å². The minimum absolute atomic E-state index is 0.0499. The Morgan fingerprint density at radius 2 is 1.90 bits per heavy atom. The van der Waals surface area contributed by atoms with Gasteiger partial charge >= 0.3 is 12.0 Å². The molecule has 0 aromatic carbocycles. The lowest BCUT2D eigenvalue weighted by Gasteiger charge is -2.16. The SMILES string of the molecule is CCCNC(=O)CCNC(=O)N1C[C@@H](C)[C@H](C(=O)O)C1. The Balaban J connectivity index is 2.27. The number of hydrogen-bond acceptors (Lipinski definition) is 3. The second kappa shape index (κ2) is 7.72. The summed E-state index contributed by atoms with van der Waals surface area (Å²) in [5.41, 5.74) is 0. The molecule has 0 bridgehead atoms. The van der Waals surface area contributed by atoms with Gasteiger partial charge in [-0.3, -0.25) is 9.59 Å². The molecule has 0 aliphatic carbocycles. The Hall–Kier alpha value is -1.79. The molecule has 1 heterocycles. The summed E-state index contributed by atoms with van der Waals surface area (Å²) in [6, 6.07) is -0.302. The number of hydrogen-bond donors (Lipinski definition) is 3. The van der Waals surface area contributed by atoms with Crippen molar-refractivity contribution >= 4 is 17.9 Å². The third-order valence-electron chi connectivity index (χ3n) is 3.42. The zero-order valence-electron chi connectivity index (χ0n) is 12.0. The van der Waals surface area contributed by atoms with E-state index < -0.39 is 11.9 Å². The zero-order chi connectivity index (χ0) is 15.1. The number of carbonyl (C=O) groups excluding carboxylic acids is 2. The molecule has 1 aliphatic heterocycles. The number of rotatable bonds is 6. The first kappa shape index (κ1) is 16.3. The number of carboxylic acids is 1. The van der Waals surface area contributed by atoms with Gasteiger partial charge in [0.2, 0.25) is 5.91 Å². The summed E-state index contributed by atoms with van der Waals surface area (Å²) < 4.78 is 0. The maximum Gasteiger partial charge on any atom is 0.317 e. The third-order valence-corrected chi connectivity index (χ3v) is 3.42. The average molecular weight is 285 g/mol. The van der Waals surface area contributed by atoms with E-state index in [1.165, 1.54) is 4.90 Å². The molecule has 0 radical (unpaired) electrons. The molecule has 20 heavy (non-hydrogen) atoms. The van der Waals surface area contributed by atoms with Crippen LogP contribution in [-0.4, -0.2) is 54.1 Å². The van der Waals surface area contributed by atoms with Crippen LogP contribution >= 0.6 is 0 Å². The maximum atomic E-state index is 11.8. The molecule has 0 spiro atoms. The van der Waals surface area contributed by atoms with Crippen LogP contribution in [0.1, 0.15) is 26.7 Å². The largest absolute Gasteiger partial charge is 0.481 e. The van der Waals surface area contributed by atoms with E-state index in [4.69, 9.17) is 5.11 Å². The number of nitrogens with zero attached hydrogens (tertiary/aromatic N) is 1. The van der Waals surface area contributed by atoms with Crippen molar-refractivity contribution in [3.63, 3.8) is 0 Å². The highest BCUT2D eigenvalue weighted by Gasteiger charge is 2.36. The highest BCUT2D eigenvalue weighted by Crippen LogP contribution is 2.22. The van der Waals surface area contributed by atoms with Crippen molar-refractivity contribution in [3.8, 4) is 0 Å². The molecular weight excluding hydrogens is 262 g/mol. The molecule has 1 fully saturated rings. The molecule has 7 heteroatoms. The Morgan fingerprint density at radius 1 is 1.20 bits per heavy atom. The Morgan fingerprint density at radius 3 is 2.45 bits per heavy atom. The topological polar surface area (TPSA) is 98.7 Å². The van der Waals surface area contributed by atoms with Gasteiger partial charge in [0.15, 0.2) is 0 Å². The lowest BCUT2D eigenvalue weighted by atomic mass is 9.99. The number of carboxylic acid groups (broad SMARTS) is 1. The summed E-state index contributed by atoms with van der Waals surface area (Å²) in [5, 5.41) is 14.4. The average Bonchev–Trinajstić information content (AvgIpc) is 2.78. The molecule has 1 aliphatic rings. The number of urea groups is 1. The Labute approximate surface area is 118 Å². The van der Waals surface area contributed by atoms with E-state index in [-0.39, 0.29) is 37.4 Å². The van der Waals surface area contributed by atoms with Gasteiger partial charge in [0, 0.05) is 32.6 Å². The molecule has 2 atom stereocenters. The van der Waals surface area contributed by atoms with Gasteiger partial charge in [-0.2, -0.15) is 0 Å². The van der Waals surface area contributed by atoms with E-state index in [1.807, 2.05) is 13.8 Å². The first-order chi connectivity index (χ1) is 9.45. The fraction of sp³-hybridized carbons (Fsp3) is 0.769. The molecule has 0 aromatic heterocycles. The van der Waals surface area contributed by atoms with Crippen molar-refractivity contribution in [3.05, 3.63) is 0 Å². The second-order valence-corrected chi connectivity index (χ2v) is 5.16. The monoisotopic (exact) mass is 285 g/mol. The van der Waals surface area contributed by atoms with E-state index in [2.05, 4.69) is 10.6 Å². The molecule has 3 amide bonds. The third kappa shape index (κ3) is 4.71. The molecule has 0 aromatic rings. The Kier molecular flexibility index (Phi) is 6.27.